The molecule has 1 saturated carbocycles. The number of benzene rings is 4. The maximum Gasteiger partial charge on any atom is 0.252 e. The molecule has 8 unspecified atom stereocenters. The van der Waals surface area contributed by atoms with Gasteiger partial charge in [-0.2, -0.15) is 0 Å². The molecule has 4 aromatic rings. The van der Waals surface area contributed by atoms with Gasteiger partial charge in [0.25, 0.3) is 5.91 Å². The molecule has 0 radical (unpaired) electrons. The predicted octanol–water partition coefficient (Wildman–Crippen LogP) is 5.58. The number of amides is 5. The quantitative estimate of drug-likeness (QED) is 0.0233. The highest BCUT2D eigenvalue weighted by atomic mass is 16.7. The van der Waals surface area contributed by atoms with Gasteiger partial charge in [0.2, 0.25) is 29.4 Å². The van der Waals surface area contributed by atoms with Crippen molar-refractivity contribution in [1.29, 1.82) is 0 Å². The lowest BCUT2D eigenvalue weighted by molar-refractivity contribution is -0.256. The Morgan fingerprint density at radius 2 is 1.44 bits per heavy atom. The number of nitrogens with one attached hydrogen (secondary N) is 3. The lowest BCUT2D eigenvalue weighted by Crippen LogP contribution is -2.55. The molecule has 26 nitrogen and oxygen atoms in total. The van der Waals surface area contributed by atoms with Gasteiger partial charge in [-0.15, -0.1) is 0 Å². The predicted molar refractivity (Wildman–Crippen MR) is 367 cm³/mol. The highest BCUT2D eigenvalue weighted by molar-refractivity contribution is 6.31. The third kappa shape index (κ3) is 16.8. The minimum absolute atomic E-state index is 0.00185. The summed E-state index contributed by atoms with van der Waals surface area (Å²) < 4.78 is 58.6. The molecule has 1 spiro atoms. The Labute approximate surface area is 588 Å². The van der Waals surface area contributed by atoms with Gasteiger partial charge >= 0.3 is 0 Å². The van der Waals surface area contributed by atoms with E-state index in [2.05, 4.69) is 34.4 Å². The molecule has 26 heteroatoms. The molecule has 546 valence electrons. The second-order valence-corrected chi connectivity index (χ2v) is 27.0. The number of methoxy groups -OCH3 is 2. The van der Waals surface area contributed by atoms with Gasteiger partial charge < -0.3 is 88.4 Å². The summed E-state index contributed by atoms with van der Waals surface area (Å²) in [6.45, 7) is 12.5. The van der Waals surface area contributed by atoms with Crippen LogP contribution in [0.25, 0.3) is 6.08 Å². The first-order valence-corrected chi connectivity index (χ1v) is 35.4. The number of phenols is 2. The number of ketones is 2. The zero-order valence-corrected chi connectivity index (χ0v) is 58.2. The molecular weight excluding hydrogens is 1300 g/mol. The van der Waals surface area contributed by atoms with Crippen LogP contribution in [0.5, 0.6) is 17.2 Å². The monoisotopic (exact) mass is 1400 g/mol. The van der Waals surface area contributed by atoms with Crippen LogP contribution in [-0.4, -0.2) is 222 Å². The van der Waals surface area contributed by atoms with Crippen molar-refractivity contribution in [2.75, 3.05) is 118 Å². The highest BCUT2D eigenvalue weighted by Gasteiger charge is 2.56. The zero-order chi connectivity index (χ0) is 71.4. The molecule has 8 atom stereocenters. The molecule has 101 heavy (non-hydrogen) atoms. The van der Waals surface area contributed by atoms with Crippen LogP contribution in [0.1, 0.15) is 144 Å². The topological polar surface area (TPSA) is 318 Å². The average molecular weight is 1400 g/mol. The molecule has 4 saturated heterocycles. The van der Waals surface area contributed by atoms with E-state index in [1.165, 1.54) is 32.4 Å². The van der Waals surface area contributed by atoms with Gasteiger partial charge in [-0.05, 0) is 86.1 Å². The molecule has 4 heterocycles. The number of piperidine rings is 1. The molecule has 4 aliphatic heterocycles. The number of aryl methyl sites for hydroxylation is 1. The number of carbonyl (C=O) groups is 7. The van der Waals surface area contributed by atoms with Crippen LogP contribution in [0.2, 0.25) is 0 Å². The summed E-state index contributed by atoms with van der Waals surface area (Å²) in [4.78, 5) is 102. The Kier molecular flexibility index (Phi) is 25.1. The molecule has 7 aliphatic rings. The Bertz CT molecular complexity index is 3640. The molecule has 6 N–H and O–H groups in total. The molecule has 4 aromatic carbocycles. The van der Waals surface area contributed by atoms with E-state index in [4.69, 9.17) is 47.4 Å². The fraction of sp³-hybridized carbons (Fsp3) is 0.560. The SMILES string of the molecule is C=Cc1ccccc1CN(C(=O)CCNC(=O)C1CCC2(CC1)CCN(C(=O)CCOCCOCCOCCOCCNC(=O)CNC(=O)C1(O)Cc3c(O)c4c(c(O)c3C(OC3CC5C(OC6C(OC)OCCN56)C(C)O3)C1)C(=O)c1c(OC)cccc1C4=O)CC2)c1ccccc1CC. The molecule has 5 fully saturated rings. The number of hydrogen-bond acceptors (Lipinski definition) is 21. The number of likely N-dealkylation sites (tertiary alicyclic amines) is 1. The number of nitrogens with zero attached hydrogens (tertiary/aromatic N) is 3. The van der Waals surface area contributed by atoms with Crippen LogP contribution in [0.15, 0.2) is 73.3 Å². The van der Waals surface area contributed by atoms with Crippen molar-refractivity contribution < 1.29 is 96.2 Å². The first-order chi connectivity index (χ1) is 48.9. The van der Waals surface area contributed by atoms with Crippen LogP contribution < -0.4 is 25.6 Å². The summed E-state index contributed by atoms with van der Waals surface area (Å²) in [5.74, 6) is -4.58. The van der Waals surface area contributed by atoms with E-state index >= 15 is 0 Å². The normalized spacial score (nSPS) is 23.8. The Morgan fingerprint density at radius 1 is 0.752 bits per heavy atom. The van der Waals surface area contributed by atoms with Crippen molar-refractivity contribution in [3.8, 4) is 17.2 Å². The number of rotatable bonds is 31. The Hall–Kier alpha value is -7.73. The summed E-state index contributed by atoms with van der Waals surface area (Å²) >= 11 is 0. The number of para-hydroxylation sites is 1. The second-order valence-electron chi connectivity index (χ2n) is 27.0. The van der Waals surface area contributed by atoms with Gasteiger partial charge in [-0.25, -0.2) is 0 Å². The molecule has 5 amide bonds. The van der Waals surface area contributed by atoms with Gasteiger partial charge in [0.15, 0.2) is 24.6 Å². The molecule has 0 bridgehead atoms. The number of fused-ring (bicyclic) bond motifs is 6. The van der Waals surface area contributed by atoms with E-state index in [9.17, 15) is 48.9 Å². The standard InChI is InChI=1S/C75H96N6O20/c1-6-47-13-8-9-15-50(47)45-81(53-17-11-10-14-48(53)7-2)59(84)21-27-77-70(89)49-19-23-74(24-20-49)25-29-79(30-26-74)58(83)22-32-94-35-37-96-39-40-97-38-36-95-33-28-76-57(82)44-78-73(90)75(91)42-52-62(68(88)64-63(66(52)86)65(85)51-16-12-18-55(92-4)61(51)67(64)87)56(43-75)100-60-41-54-69(46(3)99-60)101-71-72(93-5)98-34-31-80(54)71/h6,8-18,46,49,54,56,60,69,71-72,86,88,91H,1,7,19-45H2,2-5H3,(H,76,82)(H,77,89)(H,78,90). The van der Waals surface area contributed by atoms with Crippen LogP contribution in [-0.2, 0) is 86.0 Å². The van der Waals surface area contributed by atoms with Gasteiger partial charge in [0.1, 0.15) is 29.0 Å². The molecule has 3 aliphatic carbocycles. The van der Waals surface area contributed by atoms with Crippen LogP contribution in [0.3, 0.4) is 0 Å². The number of morpholine rings is 1. The van der Waals surface area contributed by atoms with E-state index in [1.807, 2.05) is 65.3 Å². The average Bonchev–Trinajstić information content (AvgIpc) is 1.19. The van der Waals surface area contributed by atoms with Gasteiger partial charge in [0.05, 0.1) is 115 Å². The maximum absolute atomic E-state index is 14.3. The van der Waals surface area contributed by atoms with Crippen molar-refractivity contribution in [2.45, 2.75) is 146 Å². The number of ether oxygens (including phenoxy) is 10. The van der Waals surface area contributed by atoms with E-state index < -0.39 is 108 Å². The number of aromatic hydroxyl groups is 2. The van der Waals surface area contributed by atoms with Gasteiger partial charge in [0, 0.05) is 99.9 Å². The minimum atomic E-state index is -2.39. The smallest absolute Gasteiger partial charge is 0.252 e. The highest BCUT2D eigenvalue weighted by Crippen LogP contribution is 2.53. The van der Waals surface area contributed by atoms with Crippen molar-refractivity contribution in [2.24, 2.45) is 11.3 Å². The summed E-state index contributed by atoms with van der Waals surface area (Å²) in [6.07, 6.45) is 2.81. The number of hydrogen-bond donors (Lipinski definition) is 6. The molecule has 0 aromatic heterocycles. The summed E-state index contributed by atoms with van der Waals surface area (Å²) in [7, 11) is 2.86. The first kappa shape index (κ1) is 74.5. The van der Waals surface area contributed by atoms with Crippen molar-refractivity contribution >= 4 is 52.9 Å². The number of carbonyl (C=O) groups excluding carboxylic acids is 7. The van der Waals surface area contributed by atoms with Gasteiger partial charge in [-0.3, -0.25) is 38.5 Å². The Morgan fingerprint density at radius 3 is 2.14 bits per heavy atom. The van der Waals surface area contributed by atoms with E-state index in [1.54, 1.807) is 6.08 Å². The maximum atomic E-state index is 14.3. The number of phenolic OH excluding ortho intramolecular Hbond substituents is 2. The summed E-state index contributed by atoms with van der Waals surface area (Å²) in [6, 6.07) is 20.1. The fourth-order valence-electron chi connectivity index (χ4n) is 15.5. The van der Waals surface area contributed by atoms with Crippen molar-refractivity contribution in [3.05, 3.63) is 123 Å². The van der Waals surface area contributed by atoms with Crippen LogP contribution in [0.4, 0.5) is 5.69 Å². The number of anilines is 1. The summed E-state index contributed by atoms with van der Waals surface area (Å²) in [5.41, 5.74) is 0.189. The van der Waals surface area contributed by atoms with Crippen molar-refractivity contribution in [1.82, 2.24) is 25.8 Å². The van der Waals surface area contributed by atoms with Crippen LogP contribution >= 0.6 is 0 Å². The summed E-state index contributed by atoms with van der Waals surface area (Å²) in [5, 5.41) is 44.7. The molecular formula is C75H96N6O20. The first-order valence-electron chi connectivity index (χ1n) is 35.4. The number of aliphatic hydroxyl groups is 1. The van der Waals surface area contributed by atoms with Crippen LogP contribution in [0, 0.1) is 11.3 Å². The van der Waals surface area contributed by atoms with Crippen molar-refractivity contribution in [3.63, 3.8) is 0 Å². The molecule has 11 rings (SSSR count). The second kappa shape index (κ2) is 34.0. The third-order valence-electron chi connectivity index (χ3n) is 21.0. The lowest BCUT2D eigenvalue weighted by Gasteiger charge is -2.45. The van der Waals surface area contributed by atoms with E-state index in [-0.39, 0.29) is 122 Å². The van der Waals surface area contributed by atoms with E-state index in [0.29, 0.717) is 59.2 Å². The lowest BCUT2D eigenvalue weighted by atomic mass is 9.65. The fourth-order valence-corrected chi connectivity index (χ4v) is 15.5. The largest absolute Gasteiger partial charge is 0.507 e. The zero-order valence-electron chi connectivity index (χ0n) is 58.2. The third-order valence-corrected chi connectivity index (χ3v) is 21.0. The minimum Gasteiger partial charge on any atom is -0.507 e. The van der Waals surface area contributed by atoms with E-state index in [0.717, 1.165) is 67.3 Å². The van der Waals surface area contributed by atoms with Gasteiger partial charge in [-0.1, -0.05) is 74.2 Å². The Balaban J connectivity index is 0.543.